The second-order valence-electron chi connectivity index (χ2n) is 4.14. The topological polar surface area (TPSA) is 62.1 Å². The third-order valence-electron chi connectivity index (χ3n) is 2.59. The van der Waals surface area contributed by atoms with Crippen molar-refractivity contribution in [2.45, 2.75) is 0 Å². The Morgan fingerprint density at radius 1 is 1.37 bits per heavy atom. The van der Waals surface area contributed by atoms with Crippen LogP contribution < -0.4 is 10.7 Å². The molecule has 0 saturated carbocycles. The monoisotopic (exact) mass is 297 g/mol. The highest BCUT2D eigenvalue weighted by atomic mass is 35.5. The van der Waals surface area contributed by atoms with Gasteiger partial charge in [-0.3, -0.25) is 4.98 Å². The SMILES string of the molecule is CN(C)c1nc(-c2ccc3[nH]c(=O)oc3c2)cs1.Cl. The maximum atomic E-state index is 11.1. The molecule has 19 heavy (non-hydrogen) atoms. The predicted octanol–water partition coefficient (Wildman–Crippen LogP) is 2.73. The van der Waals surface area contributed by atoms with Crippen LogP contribution in [0.4, 0.5) is 5.13 Å². The summed E-state index contributed by atoms with van der Waals surface area (Å²) in [5.41, 5.74) is 3.08. The highest BCUT2D eigenvalue weighted by Crippen LogP contribution is 2.27. The second kappa shape index (κ2) is 5.07. The highest BCUT2D eigenvalue weighted by Gasteiger charge is 2.08. The zero-order valence-corrected chi connectivity index (χ0v) is 12.0. The van der Waals surface area contributed by atoms with Gasteiger partial charge in [-0.25, -0.2) is 9.78 Å². The molecule has 1 N–H and O–H groups in total. The molecule has 5 nitrogen and oxygen atoms in total. The molecule has 0 aliphatic rings. The van der Waals surface area contributed by atoms with Crippen LogP contribution in [0, 0.1) is 0 Å². The first-order valence-corrected chi connectivity index (χ1v) is 6.27. The van der Waals surface area contributed by atoms with Crippen molar-refractivity contribution < 1.29 is 4.42 Å². The van der Waals surface area contributed by atoms with E-state index in [4.69, 9.17) is 4.42 Å². The standard InChI is InChI=1S/C12H11N3O2S.ClH/c1-15(2)11-13-9(6-18-11)7-3-4-8-10(5-7)17-12(16)14-8;/h3-6H,1-2H3,(H,14,16);1H. The lowest BCUT2D eigenvalue weighted by molar-refractivity contribution is 0.555. The van der Waals surface area contributed by atoms with Crippen LogP contribution in [0.3, 0.4) is 0 Å². The molecule has 3 aromatic rings. The number of hydrogen-bond acceptors (Lipinski definition) is 5. The smallest absolute Gasteiger partial charge is 0.408 e. The van der Waals surface area contributed by atoms with Crippen molar-refractivity contribution >= 4 is 40.0 Å². The van der Waals surface area contributed by atoms with Gasteiger partial charge in [0.2, 0.25) is 0 Å². The highest BCUT2D eigenvalue weighted by molar-refractivity contribution is 7.14. The minimum Gasteiger partial charge on any atom is -0.408 e. The van der Waals surface area contributed by atoms with Gasteiger partial charge in [0.15, 0.2) is 10.7 Å². The van der Waals surface area contributed by atoms with Crippen molar-refractivity contribution in [2.75, 3.05) is 19.0 Å². The Balaban J connectivity index is 0.00000133. The summed E-state index contributed by atoms with van der Waals surface area (Å²) in [4.78, 5) is 20.2. The van der Waals surface area contributed by atoms with Gasteiger partial charge >= 0.3 is 5.76 Å². The first-order valence-electron chi connectivity index (χ1n) is 5.39. The van der Waals surface area contributed by atoms with Crippen LogP contribution in [0.15, 0.2) is 32.8 Å². The molecule has 0 fully saturated rings. The maximum Gasteiger partial charge on any atom is 0.417 e. The van der Waals surface area contributed by atoms with Crippen LogP contribution in [0.1, 0.15) is 0 Å². The average Bonchev–Trinajstić information content (AvgIpc) is 2.91. The molecule has 0 bridgehead atoms. The molecule has 0 aliphatic carbocycles. The Morgan fingerprint density at radius 2 is 2.16 bits per heavy atom. The van der Waals surface area contributed by atoms with E-state index < -0.39 is 5.76 Å². The number of nitrogens with one attached hydrogen (secondary N) is 1. The van der Waals surface area contributed by atoms with Gasteiger partial charge < -0.3 is 9.32 Å². The van der Waals surface area contributed by atoms with Crippen molar-refractivity contribution in [3.63, 3.8) is 0 Å². The number of nitrogens with zero attached hydrogens (tertiary/aromatic N) is 2. The Morgan fingerprint density at radius 3 is 2.84 bits per heavy atom. The summed E-state index contributed by atoms with van der Waals surface area (Å²) < 4.78 is 5.04. The zero-order valence-electron chi connectivity index (χ0n) is 10.3. The number of aromatic nitrogens is 2. The second-order valence-corrected chi connectivity index (χ2v) is 4.97. The quantitative estimate of drug-likeness (QED) is 0.790. The van der Waals surface area contributed by atoms with Gasteiger partial charge in [-0.2, -0.15) is 0 Å². The molecule has 1 aromatic carbocycles. The molecule has 2 heterocycles. The van der Waals surface area contributed by atoms with Gasteiger partial charge in [0.25, 0.3) is 0 Å². The van der Waals surface area contributed by atoms with E-state index in [0.29, 0.717) is 11.1 Å². The molecule has 0 spiro atoms. The van der Waals surface area contributed by atoms with E-state index in [1.54, 1.807) is 11.3 Å². The zero-order chi connectivity index (χ0) is 12.7. The summed E-state index contributed by atoms with van der Waals surface area (Å²) in [5, 5.41) is 2.93. The van der Waals surface area contributed by atoms with Crippen LogP contribution >= 0.6 is 23.7 Å². The molecular weight excluding hydrogens is 286 g/mol. The fourth-order valence-corrected chi connectivity index (χ4v) is 2.47. The number of benzene rings is 1. The third-order valence-corrected chi connectivity index (χ3v) is 3.60. The van der Waals surface area contributed by atoms with Crippen LogP contribution in [0.5, 0.6) is 0 Å². The number of anilines is 1. The molecular formula is C12H12ClN3O2S. The third kappa shape index (κ3) is 2.50. The molecule has 3 rings (SSSR count). The fourth-order valence-electron chi connectivity index (χ4n) is 1.71. The van der Waals surface area contributed by atoms with Crippen molar-refractivity contribution in [3.8, 4) is 11.3 Å². The van der Waals surface area contributed by atoms with E-state index in [9.17, 15) is 4.79 Å². The van der Waals surface area contributed by atoms with Crippen molar-refractivity contribution in [3.05, 3.63) is 34.1 Å². The maximum absolute atomic E-state index is 11.1. The van der Waals surface area contributed by atoms with E-state index in [0.717, 1.165) is 16.4 Å². The number of fused-ring (bicyclic) bond motifs is 1. The average molecular weight is 298 g/mol. The fraction of sp³-hybridized carbons (Fsp3) is 0.167. The molecule has 100 valence electrons. The van der Waals surface area contributed by atoms with E-state index >= 15 is 0 Å². The van der Waals surface area contributed by atoms with Gasteiger partial charge in [0.1, 0.15) is 0 Å². The van der Waals surface area contributed by atoms with Gasteiger partial charge in [-0.1, -0.05) is 6.07 Å². The summed E-state index contributed by atoms with van der Waals surface area (Å²) in [6.07, 6.45) is 0. The Labute approximate surface area is 119 Å². The van der Waals surface area contributed by atoms with Gasteiger partial charge in [0, 0.05) is 25.0 Å². The molecule has 0 amide bonds. The number of halogens is 1. The molecule has 7 heteroatoms. The lowest BCUT2D eigenvalue weighted by Gasteiger charge is -2.05. The largest absolute Gasteiger partial charge is 0.417 e. The number of oxazole rings is 1. The summed E-state index contributed by atoms with van der Waals surface area (Å²) in [7, 11) is 3.91. The first kappa shape index (κ1) is 13.6. The minimum absolute atomic E-state index is 0. The number of rotatable bonds is 2. The lowest BCUT2D eigenvalue weighted by atomic mass is 10.1. The molecule has 0 atom stereocenters. The molecule has 0 radical (unpaired) electrons. The number of H-pyrrole nitrogens is 1. The van der Waals surface area contributed by atoms with Gasteiger partial charge in [-0.15, -0.1) is 23.7 Å². The van der Waals surface area contributed by atoms with Crippen molar-refractivity contribution in [1.29, 1.82) is 0 Å². The Hall–Kier alpha value is -1.79. The van der Waals surface area contributed by atoms with Crippen LogP contribution in [0.2, 0.25) is 0 Å². The Kier molecular flexibility index (Phi) is 3.64. The van der Waals surface area contributed by atoms with E-state index in [1.165, 1.54) is 0 Å². The summed E-state index contributed by atoms with van der Waals surface area (Å²) in [6.45, 7) is 0. The van der Waals surface area contributed by atoms with E-state index in [2.05, 4.69) is 9.97 Å². The van der Waals surface area contributed by atoms with Crippen molar-refractivity contribution in [1.82, 2.24) is 9.97 Å². The van der Waals surface area contributed by atoms with Gasteiger partial charge in [-0.05, 0) is 12.1 Å². The summed E-state index contributed by atoms with van der Waals surface area (Å²) in [5.74, 6) is -0.436. The molecule has 0 aliphatic heterocycles. The lowest BCUT2D eigenvalue weighted by Crippen LogP contribution is -2.07. The number of thiazole rings is 1. The number of aromatic amines is 1. The first-order chi connectivity index (χ1) is 8.63. The van der Waals surface area contributed by atoms with Gasteiger partial charge in [0.05, 0.1) is 11.2 Å². The van der Waals surface area contributed by atoms with E-state index in [-0.39, 0.29) is 12.4 Å². The van der Waals surface area contributed by atoms with Crippen LogP contribution in [0.25, 0.3) is 22.4 Å². The summed E-state index contributed by atoms with van der Waals surface area (Å²) in [6, 6.07) is 5.56. The molecule has 0 saturated heterocycles. The predicted molar refractivity (Wildman–Crippen MR) is 79.5 cm³/mol. The van der Waals surface area contributed by atoms with Crippen LogP contribution in [-0.4, -0.2) is 24.1 Å². The van der Waals surface area contributed by atoms with E-state index in [1.807, 2.05) is 42.6 Å². The normalized spacial score (nSPS) is 10.4. The Bertz CT molecular complexity index is 760. The van der Waals surface area contributed by atoms with Crippen LogP contribution in [-0.2, 0) is 0 Å². The molecule has 0 unspecified atom stereocenters. The molecule has 2 aromatic heterocycles. The minimum atomic E-state index is -0.436. The number of hydrogen-bond donors (Lipinski definition) is 1. The summed E-state index contributed by atoms with van der Waals surface area (Å²) >= 11 is 1.58. The van der Waals surface area contributed by atoms with Crippen molar-refractivity contribution in [2.24, 2.45) is 0 Å².